The van der Waals surface area contributed by atoms with Crippen LogP contribution in [0.25, 0.3) is 0 Å². The van der Waals surface area contributed by atoms with Crippen LogP contribution < -0.4 is 10.1 Å². The molecule has 4 heteroatoms. The number of rotatable bonds is 5. The van der Waals surface area contributed by atoms with Crippen LogP contribution >= 0.6 is 0 Å². The summed E-state index contributed by atoms with van der Waals surface area (Å²) in [5, 5.41) is 13.4. The molecule has 1 aromatic rings. The average Bonchev–Trinajstić information content (AvgIpc) is 2.42. The van der Waals surface area contributed by atoms with Crippen LogP contribution in [0.4, 0.5) is 0 Å². The van der Waals surface area contributed by atoms with Gasteiger partial charge in [-0.1, -0.05) is 6.42 Å². The van der Waals surface area contributed by atoms with E-state index < -0.39 is 0 Å². The maximum Gasteiger partial charge on any atom is 0.120 e. The number of hydrogen-bond donors (Lipinski definition) is 2. The van der Waals surface area contributed by atoms with Crippen molar-refractivity contribution in [2.45, 2.75) is 31.8 Å². The van der Waals surface area contributed by atoms with Crippen LogP contribution in [0.15, 0.2) is 18.2 Å². The lowest BCUT2D eigenvalue weighted by atomic mass is 10.0. The Morgan fingerprint density at radius 2 is 2.26 bits per heavy atom. The average molecular weight is 264 g/mol. The van der Waals surface area contributed by atoms with E-state index in [9.17, 15) is 5.11 Å². The summed E-state index contributed by atoms with van der Waals surface area (Å²) in [7, 11) is 3.74. The predicted molar refractivity (Wildman–Crippen MR) is 76.6 cm³/mol. The zero-order valence-electron chi connectivity index (χ0n) is 11.9. The molecule has 1 heterocycles. The van der Waals surface area contributed by atoms with Crippen molar-refractivity contribution in [1.82, 2.24) is 10.2 Å². The van der Waals surface area contributed by atoms with Gasteiger partial charge in [0.1, 0.15) is 11.5 Å². The van der Waals surface area contributed by atoms with E-state index in [0.717, 1.165) is 30.9 Å². The van der Waals surface area contributed by atoms with Crippen LogP contribution in [0.1, 0.15) is 24.8 Å². The van der Waals surface area contributed by atoms with Gasteiger partial charge in [0.25, 0.3) is 0 Å². The van der Waals surface area contributed by atoms with Crippen molar-refractivity contribution >= 4 is 0 Å². The molecule has 1 fully saturated rings. The van der Waals surface area contributed by atoms with Gasteiger partial charge in [0.05, 0.1) is 7.11 Å². The minimum atomic E-state index is 0.337. The lowest BCUT2D eigenvalue weighted by Crippen LogP contribution is -2.42. The number of benzene rings is 1. The molecule has 0 radical (unpaired) electrons. The van der Waals surface area contributed by atoms with E-state index in [1.165, 1.54) is 19.3 Å². The van der Waals surface area contributed by atoms with Gasteiger partial charge in [0.15, 0.2) is 0 Å². The van der Waals surface area contributed by atoms with Crippen molar-refractivity contribution in [2.75, 3.05) is 27.2 Å². The van der Waals surface area contributed by atoms with Crippen molar-refractivity contribution in [1.29, 1.82) is 0 Å². The van der Waals surface area contributed by atoms with Crippen LogP contribution in [0.5, 0.6) is 11.5 Å². The zero-order chi connectivity index (χ0) is 13.7. The summed E-state index contributed by atoms with van der Waals surface area (Å²) in [5.41, 5.74) is 0.914. The molecule has 4 nitrogen and oxygen atoms in total. The topological polar surface area (TPSA) is 44.7 Å². The molecule has 1 atom stereocenters. The number of nitrogens with zero attached hydrogens (tertiary/aromatic N) is 1. The lowest BCUT2D eigenvalue weighted by Gasteiger charge is -2.28. The van der Waals surface area contributed by atoms with E-state index >= 15 is 0 Å². The molecule has 1 aliphatic heterocycles. The summed E-state index contributed by atoms with van der Waals surface area (Å²) in [6.07, 6.45) is 3.85. The first-order valence-electron chi connectivity index (χ1n) is 6.97. The summed E-state index contributed by atoms with van der Waals surface area (Å²) >= 11 is 0. The van der Waals surface area contributed by atoms with Gasteiger partial charge in [0, 0.05) is 24.7 Å². The van der Waals surface area contributed by atoms with Gasteiger partial charge in [-0.25, -0.2) is 0 Å². The van der Waals surface area contributed by atoms with Crippen LogP contribution in [-0.2, 0) is 6.54 Å². The first-order valence-corrected chi connectivity index (χ1v) is 6.97. The summed E-state index contributed by atoms with van der Waals surface area (Å²) in [6.45, 7) is 2.88. The molecule has 106 valence electrons. The molecule has 2 rings (SSSR count). The Hall–Kier alpha value is -1.26. The third kappa shape index (κ3) is 4.11. The van der Waals surface area contributed by atoms with E-state index in [4.69, 9.17) is 4.74 Å². The highest BCUT2D eigenvalue weighted by Gasteiger charge is 2.15. The Morgan fingerprint density at radius 1 is 1.42 bits per heavy atom. The van der Waals surface area contributed by atoms with E-state index in [2.05, 4.69) is 17.3 Å². The van der Waals surface area contributed by atoms with Crippen molar-refractivity contribution in [3.05, 3.63) is 23.8 Å². The van der Waals surface area contributed by atoms with Gasteiger partial charge in [-0.05, 0) is 44.6 Å². The summed E-state index contributed by atoms with van der Waals surface area (Å²) in [5.74, 6) is 1.13. The molecule has 0 aromatic heterocycles. The minimum Gasteiger partial charge on any atom is -0.508 e. The molecule has 1 unspecified atom stereocenters. The molecule has 19 heavy (non-hydrogen) atoms. The minimum absolute atomic E-state index is 0.337. The highest BCUT2D eigenvalue weighted by Crippen LogP contribution is 2.24. The molecule has 0 bridgehead atoms. The fourth-order valence-corrected chi connectivity index (χ4v) is 2.63. The molecular weight excluding hydrogens is 240 g/mol. The highest BCUT2D eigenvalue weighted by molar-refractivity contribution is 5.39. The normalized spacial score (nSPS) is 19.6. The third-order valence-electron chi connectivity index (χ3n) is 3.67. The lowest BCUT2D eigenvalue weighted by molar-refractivity contribution is 0.253. The van der Waals surface area contributed by atoms with Crippen molar-refractivity contribution < 1.29 is 9.84 Å². The standard InChI is InChI=1S/C15H24N2O2/c1-17(11-13-5-3-4-8-16-13)10-12-9-14(19-2)6-7-15(12)18/h6-7,9,13,16,18H,3-5,8,10-11H2,1-2H3. The fourth-order valence-electron chi connectivity index (χ4n) is 2.63. The number of piperidine rings is 1. The first kappa shape index (κ1) is 14.2. The van der Waals surface area contributed by atoms with Crippen molar-refractivity contribution in [3.63, 3.8) is 0 Å². The van der Waals surface area contributed by atoms with Crippen LogP contribution in [0, 0.1) is 0 Å². The maximum absolute atomic E-state index is 9.89. The second kappa shape index (κ2) is 6.78. The SMILES string of the molecule is COc1ccc(O)c(CN(C)CC2CCCCN2)c1. The Bertz CT molecular complexity index is 403. The fraction of sp³-hybridized carbons (Fsp3) is 0.600. The van der Waals surface area contributed by atoms with Gasteiger partial charge >= 0.3 is 0 Å². The van der Waals surface area contributed by atoms with Gasteiger partial charge < -0.3 is 20.1 Å². The molecule has 2 N–H and O–H groups in total. The number of aromatic hydroxyl groups is 1. The summed E-state index contributed by atoms with van der Waals surface area (Å²) in [6, 6.07) is 5.95. The number of phenols is 1. The van der Waals surface area contributed by atoms with Gasteiger partial charge in [0.2, 0.25) is 0 Å². The molecule has 0 amide bonds. The molecule has 0 aliphatic carbocycles. The van der Waals surface area contributed by atoms with E-state index in [1.807, 2.05) is 6.07 Å². The molecule has 0 spiro atoms. The molecule has 0 saturated carbocycles. The van der Waals surface area contributed by atoms with E-state index in [1.54, 1.807) is 19.2 Å². The number of methoxy groups -OCH3 is 1. The number of likely N-dealkylation sites (N-methyl/N-ethyl adjacent to an activating group) is 1. The van der Waals surface area contributed by atoms with E-state index in [0.29, 0.717) is 11.8 Å². The van der Waals surface area contributed by atoms with Crippen LogP contribution in [0.2, 0.25) is 0 Å². The second-order valence-electron chi connectivity index (χ2n) is 5.34. The second-order valence-corrected chi connectivity index (χ2v) is 5.34. The monoisotopic (exact) mass is 264 g/mol. The van der Waals surface area contributed by atoms with Crippen LogP contribution in [-0.4, -0.2) is 43.3 Å². The van der Waals surface area contributed by atoms with Crippen LogP contribution in [0.3, 0.4) is 0 Å². The number of phenolic OH excluding ortho intramolecular Hbond substituents is 1. The van der Waals surface area contributed by atoms with Crippen molar-refractivity contribution in [2.24, 2.45) is 0 Å². The molecule has 1 aliphatic rings. The summed E-state index contributed by atoms with van der Waals surface area (Å²) in [4.78, 5) is 2.25. The number of hydrogen-bond acceptors (Lipinski definition) is 4. The number of ether oxygens (including phenoxy) is 1. The first-order chi connectivity index (χ1) is 9.19. The number of nitrogens with one attached hydrogen (secondary N) is 1. The Labute approximate surface area is 115 Å². The van der Waals surface area contributed by atoms with Crippen molar-refractivity contribution in [3.8, 4) is 11.5 Å². The van der Waals surface area contributed by atoms with Gasteiger partial charge in [-0.3, -0.25) is 0 Å². The molecule has 1 aromatic carbocycles. The third-order valence-corrected chi connectivity index (χ3v) is 3.67. The smallest absolute Gasteiger partial charge is 0.120 e. The van der Waals surface area contributed by atoms with E-state index in [-0.39, 0.29) is 0 Å². The molecular formula is C15H24N2O2. The quantitative estimate of drug-likeness (QED) is 0.853. The predicted octanol–water partition coefficient (Wildman–Crippen LogP) is 1.97. The maximum atomic E-state index is 9.89. The van der Waals surface area contributed by atoms with Gasteiger partial charge in [-0.2, -0.15) is 0 Å². The summed E-state index contributed by atoms with van der Waals surface area (Å²) < 4.78 is 5.20. The highest BCUT2D eigenvalue weighted by atomic mass is 16.5. The van der Waals surface area contributed by atoms with Gasteiger partial charge in [-0.15, -0.1) is 0 Å². The zero-order valence-corrected chi connectivity index (χ0v) is 11.9. The largest absolute Gasteiger partial charge is 0.508 e. The molecule has 1 saturated heterocycles. The Balaban J connectivity index is 1.92. The Kier molecular flexibility index (Phi) is 5.05. The Morgan fingerprint density at radius 3 is 2.95 bits per heavy atom.